The SMILES string of the molecule is Clc1cc2[nH]nc(NCc3ccc[nH]3)c2cc1-c1ccccc1. The van der Waals surface area contributed by atoms with E-state index in [1.807, 2.05) is 42.6 Å². The molecule has 5 heteroatoms. The zero-order valence-corrected chi connectivity index (χ0v) is 13.1. The smallest absolute Gasteiger partial charge is 0.156 e. The van der Waals surface area contributed by atoms with Crippen LogP contribution in [-0.2, 0) is 6.54 Å². The van der Waals surface area contributed by atoms with Crippen molar-refractivity contribution in [3.8, 4) is 11.1 Å². The predicted molar refractivity (Wildman–Crippen MR) is 94.7 cm³/mol. The van der Waals surface area contributed by atoms with Crippen molar-refractivity contribution in [3.05, 3.63) is 71.5 Å². The average molecular weight is 323 g/mol. The lowest BCUT2D eigenvalue weighted by Crippen LogP contribution is -2.00. The fraction of sp³-hybridized carbons (Fsp3) is 0.0556. The van der Waals surface area contributed by atoms with Gasteiger partial charge in [-0.1, -0.05) is 41.9 Å². The van der Waals surface area contributed by atoms with Crippen LogP contribution in [0.4, 0.5) is 5.82 Å². The third-order valence-corrected chi connectivity index (χ3v) is 4.16. The summed E-state index contributed by atoms with van der Waals surface area (Å²) >= 11 is 6.43. The van der Waals surface area contributed by atoms with E-state index in [-0.39, 0.29) is 0 Å². The highest BCUT2D eigenvalue weighted by molar-refractivity contribution is 6.34. The Hall–Kier alpha value is -2.72. The van der Waals surface area contributed by atoms with Gasteiger partial charge in [-0.3, -0.25) is 5.10 Å². The number of hydrogen-bond acceptors (Lipinski definition) is 2. The zero-order valence-electron chi connectivity index (χ0n) is 12.3. The summed E-state index contributed by atoms with van der Waals surface area (Å²) in [7, 11) is 0. The number of anilines is 1. The van der Waals surface area contributed by atoms with Crippen LogP contribution in [0.2, 0.25) is 5.02 Å². The van der Waals surface area contributed by atoms with Gasteiger partial charge in [0.15, 0.2) is 5.82 Å². The van der Waals surface area contributed by atoms with E-state index in [1.54, 1.807) is 0 Å². The van der Waals surface area contributed by atoms with Gasteiger partial charge in [-0.15, -0.1) is 0 Å². The maximum absolute atomic E-state index is 6.43. The van der Waals surface area contributed by atoms with E-state index in [2.05, 4.69) is 38.7 Å². The third kappa shape index (κ3) is 2.69. The monoisotopic (exact) mass is 322 g/mol. The van der Waals surface area contributed by atoms with E-state index in [1.165, 1.54) is 0 Å². The molecule has 0 aliphatic heterocycles. The van der Waals surface area contributed by atoms with Crippen molar-refractivity contribution in [3.63, 3.8) is 0 Å². The lowest BCUT2D eigenvalue weighted by Gasteiger charge is -2.06. The summed E-state index contributed by atoms with van der Waals surface area (Å²) in [5, 5.41) is 12.5. The first-order chi connectivity index (χ1) is 11.3. The summed E-state index contributed by atoms with van der Waals surface area (Å²) in [5.41, 5.74) is 4.13. The van der Waals surface area contributed by atoms with Crippen molar-refractivity contribution in [1.82, 2.24) is 15.2 Å². The number of hydrogen-bond donors (Lipinski definition) is 3. The Balaban J connectivity index is 1.72. The molecule has 0 aliphatic carbocycles. The van der Waals surface area contributed by atoms with Gasteiger partial charge in [-0.25, -0.2) is 0 Å². The lowest BCUT2D eigenvalue weighted by molar-refractivity contribution is 1.03. The minimum Gasteiger partial charge on any atom is -0.364 e. The van der Waals surface area contributed by atoms with Crippen molar-refractivity contribution in [2.24, 2.45) is 0 Å². The zero-order chi connectivity index (χ0) is 15.6. The van der Waals surface area contributed by atoms with Crippen molar-refractivity contribution >= 4 is 28.3 Å². The van der Waals surface area contributed by atoms with Crippen LogP contribution in [0.15, 0.2) is 60.8 Å². The predicted octanol–water partition coefficient (Wildman–Crippen LogP) is 4.82. The van der Waals surface area contributed by atoms with Crippen LogP contribution in [0, 0.1) is 0 Å². The summed E-state index contributed by atoms with van der Waals surface area (Å²) in [5.74, 6) is 0.823. The molecule has 0 radical (unpaired) electrons. The van der Waals surface area contributed by atoms with E-state index >= 15 is 0 Å². The fourth-order valence-electron chi connectivity index (χ4n) is 2.67. The minimum absolute atomic E-state index is 0.691. The Morgan fingerprint density at radius 1 is 1.04 bits per heavy atom. The molecule has 4 aromatic rings. The molecule has 23 heavy (non-hydrogen) atoms. The molecule has 2 heterocycles. The number of nitrogens with zero attached hydrogens (tertiary/aromatic N) is 1. The Bertz CT molecular complexity index is 926. The van der Waals surface area contributed by atoms with Crippen molar-refractivity contribution in [2.75, 3.05) is 5.32 Å². The van der Waals surface area contributed by atoms with Crippen molar-refractivity contribution < 1.29 is 0 Å². The Morgan fingerprint density at radius 2 is 1.91 bits per heavy atom. The van der Waals surface area contributed by atoms with Gasteiger partial charge in [-0.05, 0) is 29.8 Å². The van der Waals surface area contributed by atoms with Crippen LogP contribution in [-0.4, -0.2) is 15.2 Å². The molecule has 0 bridgehead atoms. The fourth-order valence-corrected chi connectivity index (χ4v) is 2.94. The second-order valence-corrected chi connectivity index (χ2v) is 5.77. The van der Waals surface area contributed by atoms with E-state index in [4.69, 9.17) is 11.6 Å². The quantitative estimate of drug-likeness (QED) is 0.504. The standard InChI is InChI=1S/C18H15ClN4/c19-16-10-17-15(9-14(16)12-5-2-1-3-6-12)18(23-22-17)21-11-13-7-4-8-20-13/h1-10,20H,11H2,(H2,21,22,23). The van der Waals surface area contributed by atoms with Gasteiger partial charge in [0.2, 0.25) is 0 Å². The number of aromatic nitrogens is 3. The van der Waals surface area contributed by atoms with Gasteiger partial charge in [-0.2, -0.15) is 5.10 Å². The van der Waals surface area contributed by atoms with Crippen LogP contribution in [0.1, 0.15) is 5.69 Å². The molecular formula is C18H15ClN4. The van der Waals surface area contributed by atoms with Crippen LogP contribution in [0.5, 0.6) is 0 Å². The molecule has 0 fully saturated rings. The number of nitrogens with one attached hydrogen (secondary N) is 3. The first-order valence-corrected chi connectivity index (χ1v) is 7.78. The molecule has 0 spiro atoms. The van der Waals surface area contributed by atoms with Gasteiger partial charge < -0.3 is 10.3 Å². The average Bonchev–Trinajstić information content (AvgIpc) is 3.22. The molecule has 114 valence electrons. The highest BCUT2D eigenvalue weighted by atomic mass is 35.5. The van der Waals surface area contributed by atoms with Crippen molar-refractivity contribution in [2.45, 2.75) is 6.54 Å². The largest absolute Gasteiger partial charge is 0.364 e. The molecule has 0 atom stereocenters. The first kappa shape index (κ1) is 13.9. The van der Waals surface area contributed by atoms with Crippen LogP contribution < -0.4 is 5.32 Å². The first-order valence-electron chi connectivity index (χ1n) is 7.40. The van der Waals surface area contributed by atoms with Gasteiger partial charge in [0.1, 0.15) is 0 Å². The normalized spacial score (nSPS) is 11.0. The van der Waals surface area contributed by atoms with Crippen molar-refractivity contribution in [1.29, 1.82) is 0 Å². The summed E-state index contributed by atoms with van der Waals surface area (Å²) in [6.45, 7) is 0.691. The maximum atomic E-state index is 6.43. The van der Waals surface area contributed by atoms with Gasteiger partial charge in [0.25, 0.3) is 0 Å². The van der Waals surface area contributed by atoms with E-state index in [9.17, 15) is 0 Å². The van der Waals surface area contributed by atoms with Crippen LogP contribution >= 0.6 is 11.6 Å². The van der Waals surface area contributed by atoms with Gasteiger partial charge in [0.05, 0.1) is 17.1 Å². The molecule has 4 nitrogen and oxygen atoms in total. The Morgan fingerprint density at radius 3 is 2.70 bits per heavy atom. The number of fused-ring (bicyclic) bond motifs is 1. The molecule has 0 amide bonds. The van der Waals surface area contributed by atoms with Crippen LogP contribution in [0.25, 0.3) is 22.0 Å². The number of rotatable bonds is 4. The number of H-pyrrole nitrogens is 2. The maximum Gasteiger partial charge on any atom is 0.156 e. The Labute approximate surface area is 138 Å². The summed E-state index contributed by atoms with van der Waals surface area (Å²) in [4.78, 5) is 3.17. The lowest BCUT2D eigenvalue weighted by atomic mass is 10.0. The van der Waals surface area contributed by atoms with Gasteiger partial charge >= 0.3 is 0 Å². The number of aromatic amines is 2. The highest BCUT2D eigenvalue weighted by Crippen LogP contribution is 2.34. The molecule has 0 saturated heterocycles. The van der Waals surface area contributed by atoms with Gasteiger partial charge in [0, 0.05) is 22.8 Å². The van der Waals surface area contributed by atoms with E-state index < -0.39 is 0 Å². The number of halogens is 1. The molecule has 0 saturated carbocycles. The molecule has 3 N–H and O–H groups in total. The van der Waals surface area contributed by atoms with E-state index in [0.717, 1.165) is 33.5 Å². The van der Waals surface area contributed by atoms with Crippen LogP contribution in [0.3, 0.4) is 0 Å². The summed E-state index contributed by atoms with van der Waals surface area (Å²) in [6.07, 6.45) is 1.91. The topological polar surface area (TPSA) is 56.5 Å². The molecule has 2 aromatic carbocycles. The molecule has 0 aliphatic rings. The molecular weight excluding hydrogens is 308 g/mol. The molecule has 4 rings (SSSR count). The Kier molecular flexibility index (Phi) is 3.52. The summed E-state index contributed by atoms with van der Waals surface area (Å²) in [6, 6.07) is 18.1. The second-order valence-electron chi connectivity index (χ2n) is 5.36. The highest BCUT2D eigenvalue weighted by Gasteiger charge is 2.11. The summed E-state index contributed by atoms with van der Waals surface area (Å²) < 4.78 is 0. The van der Waals surface area contributed by atoms with E-state index in [0.29, 0.717) is 11.6 Å². The molecule has 0 unspecified atom stereocenters. The second kappa shape index (κ2) is 5.82. The third-order valence-electron chi connectivity index (χ3n) is 3.84. The number of benzene rings is 2. The minimum atomic E-state index is 0.691. The molecule has 2 aromatic heterocycles.